The van der Waals surface area contributed by atoms with Gasteiger partial charge in [0.15, 0.2) is 11.0 Å². The Morgan fingerprint density at radius 1 is 1.53 bits per heavy atom. The highest BCUT2D eigenvalue weighted by Gasteiger charge is 2.56. The van der Waals surface area contributed by atoms with Gasteiger partial charge in [0.1, 0.15) is 23.5 Å². The second-order valence-electron chi connectivity index (χ2n) is 6.12. The number of carbonyl (C=O) groups excluding carboxylic acids is 3. The first-order valence-corrected chi connectivity index (χ1v) is 10.9. The van der Waals surface area contributed by atoms with E-state index in [2.05, 4.69) is 27.4 Å². The topological polar surface area (TPSA) is 150 Å². The van der Waals surface area contributed by atoms with Crippen molar-refractivity contribution in [1.82, 2.24) is 20.5 Å². The number of β-lactam (4-membered cyclic amide) rings is 1. The van der Waals surface area contributed by atoms with E-state index in [-0.39, 0.29) is 5.88 Å². The number of aliphatic carboxylic acids is 1. The molecule has 11 nitrogen and oxygen atoms in total. The molecular weight excluding hydrogens is 458 g/mol. The predicted molar refractivity (Wildman–Crippen MR) is 109 cm³/mol. The summed E-state index contributed by atoms with van der Waals surface area (Å²) in [6.07, 6.45) is 1.29. The molecule has 0 aromatic carbocycles. The van der Waals surface area contributed by atoms with Crippen molar-refractivity contribution in [3.8, 4) is 0 Å². The molecule has 0 saturated carbocycles. The molecule has 3 rings (SSSR count). The molecule has 1 aromatic rings. The van der Waals surface area contributed by atoms with E-state index >= 15 is 0 Å². The highest BCUT2D eigenvalue weighted by atomic mass is 35.5. The van der Waals surface area contributed by atoms with E-state index in [1.54, 1.807) is 5.38 Å². The van der Waals surface area contributed by atoms with Crippen LogP contribution in [0, 0.1) is 0 Å². The molecule has 14 heteroatoms. The maximum Gasteiger partial charge on any atom is 0.330 e. The molecule has 1 aromatic heterocycles. The molecule has 3 heterocycles. The summed E-state index contributed by atoms with van der Waals surface area (Å²) in [7, 11) is 0. The van der Waals surface area contributed by atoms with Gasteiger partial charge in [-0.25, -0.2) is 9.78 Å². The van der Waals surface area contributed by atoms with Crippen LogP contribution in [0.4, 0.5) is 0 Å². The molecule has 2 unspecified atom stereocenters. The van der Waals surface area contributed by atoms with Gasteiger partial charge >= 0.3 is 5.97 Å². The molecule has 0 aliphatic carbocycles. The molecule has 2 saturated heterocycles. The Labute approximate surface area is 183 Å². The largest absolute Gasteiger partial charge is 0.479 e. The summed E-state index contributed by atoms with van der Waals surface area (Å²) in [5.41, 5.74) is 0.420. The maximum absolute atomic E-state index is 12.3. The van der Waals surface area contributed by atoms with Crippen molar-refractivity contribution in [3.05, 3.63) is 28.7 Å². The van der Waals surface area contributed by atoms with Gasteiger partial charge in [-0.05, 0) is 5.57 Å². The number of thioether (sulfide) groups is 1. The summed E-state index contributed by atoms with van der Waals surface area (Å²) < 4.78 is 0. The summed E-state index contributed by atoms with van der Waals surface area (Å²) in [4.78, 5) is 57.7. The number of thiazole rings is 1. The van der Waals surface area contributed by atoms with Crippen LogP contribution in [0.2, 0.25) is 0 Å². The molecule has 3 amide bonds. The van der Waals surface area contributed by atoms with Crippen molar-refractivity contribution in [2.75, 3.05) is 11.6 Å². The van der Waals surface area contributed by atoms with E-state index < -0.39 is 47.4 Å². The van der Waals surface area contributed by atoms with Crippen molar-refractivity contribution >= 4 is 64.6 Å². The fourth-order valence-electron chi connectivity index (χ4n) is 2.84. The fraction of sp³-hybridized carbons (Fsp3) is 0.375. The molecule has 2 fully saturated rings. The number of nitrogens with zero attached hydrogens (tertiary/aromatic N) is 3. The second kappa shape index (κ2) is 9.45. The molecule has 3 N–H and O–H groups in total. The Kier molecular flexibility index (Phi) is 6.95. The third-order valence-corrected chi connectivity index (χ3v) is 6.58. The summed E-state index contributed by atoms with van der Waals surface area (Å²) in [5, 5.41) is 19.3. The molecule has 2 aliphatic rings. The summed E-state index contributed by atoms with van der Waals surface area (Å²) in [6.45, 7) is 3.70. The number of amides is 3. The molecule has 0 bridgehead atoms. The molecular formula is C16H16ClN5O6S2. The van der Waals surface area contributed by atoms with Gasteiger partial charge in [-0.15, -0.1) is 34.7 Å². The number of hydrogen-bond acceptors (Lipinski definition) is 9. The number of carboxylic acids is 1. The number of oxime groups is 1. The fourth-order valence-corrected chi connectivity index (χ4v) is 4.83. The number of nitrogens with one attached hydrogen (secondary N) is 2. The second-order valence-corrected chi connectivity index (χ2v) is 8.42. The van der Waals surface area contributed by atoms with Crippen LogP contribution in [0.25, 0.3) is 0 Å². The third-order valence-electron chi connectivity index (χ3n) is 4.14. The quantitative estimate of drug-likeness (QED) is 0.118. The van der Waals surface area contributed by atoms with Crippen LogP contribution in [0.15, 0.2) is 28.9 Å². The zero-order valence-corrected chi connectivity index (χ0v) is 17.6. The normalized spacial score (nSPS) is 24.0. The van der Waals surface area contributed by atoms with Crippen LogP contribution in [0.3, 0.4) is 0 Å². The molecule has 4 atom stereocenters. The molecule has 0 spiro atoms. The number of carbonyl (C=O) groups is 4. The summed E-state index contributed by atoms with van der Waals surface area (Å²) in [6, 6.07) is -1.98. The van der Waals surface area contributed by atoms with E-state index in [0.29, 0.717) is 16.3 Å². The van der Waals surface area contributed by atoms with Crippen LogP contribution in [0.5, 0.6) is 0 Å². The van der Waals surface area contributed by atoms with Gasteiger partial charge in [-0.3, -0.25) is 14.4 Å². The summed E-state index contributed by atoms with van der Waals surface area (Å²) in [5.74, 6) is -2.83. The maximum atomic E-state index is 12.3. The van der Waals surface area contributed by atoms with Gasteiger partial charge in [-0.2, -0.15) is 0 Å². The standard InChI is InChI=1S/C16H16ClN5O6S2/c1-7-6-30-15-10(14(25)22(15)11(7)16(26)27)20-9(24)5-19-28-12(21-8(23)4-17)13-18-2-3-29-13/h2-3,5,10-12,15H,1,4,6H2,(H,20,24)(H,21,23)(H,26,27)/t10-,11?,12?,15+/m1/s1. The average Bonchev–Trinajstić information content (AvgIpc) is 3.25. The number of carboxylic acid groups (broad SMARTS) is 1. The van der Waals surface area contributed by atoms with Crippen molar-refractivity contribution < 1.29 is 29.1 Å². The molecule has 160 valence electrons. The Morgan fingerprint density at radius 2 is 2.30 bits per heavy atom. The minimum Gasteiger partial charge on any atom is -0.479 e. The van der Waals surface area contributed by atoms with Crippen LogP contribution >= 0.6 is 34.7 Å². The van der Waals surface area contributed by atoms with Crippen molar-refractivity contribution in [1.29, 1.82) is 0 Å². The van der Waals surface area contributed by atoms with Gasteiger partial charge in [0.05, 0.1) is 0 Å². The number of fused-ring (bicyclic) bond motifs is 1. The Hall–Kier alpha value is -2.64. The van der Waals surface area contributed by atoms with Gasteiger partial charge in [0, 0.05) is 17.3 Å². The highest BCUT2D eigenvalue weighted by molar-refractivity contribution is 8.00. The first kappa shape index (κ1) is 22.1. The van der Waals surface area contributed by atoms with Crippen LogP contribution in [-0.4, -0.2) is 74.0 Å². The minimum atomic E-state index is -1.16. The van der Waals surface area contributed by atoms with Crippen molar-refractivity contribution in [2.45, 2.75) is 23.7 Å². The average molecular weight is 474 g/mol. The molecule has 2 aliphatic heterocycles. The lowest BCUT2D eigenvalue weighted by atomic mass is 9.99. The number of rotatable bonds is 8. The Bertz CT molecular complexity index is 895. The number of hydrogen-bond donors (Lipinski definition) is 3. The zero-order valence-electron chi connectivity index (χ0n) is 15.2. The van der Waals surface area contributed by atoms with Gasteiger partial charge in [0.25, 0.3) is 12.1 Å². The first-order valence-electron chi connectivity index (χ1n) is 8.42. The van der Waals surface area contributed by atoms with Crippen molar-refractivity contribution in [2.24, 2.45) is 5.16 Å². The molecule has 0 radical (unpaired) electrons. The van der Waals surface area contributed by atoms with Crippen LogP contribution in [-0.2, 0) is 24.0 Å². The molecule has 30 heavy (non-hydrogen) atoms. The van der Waals surface area contributed by atoms with Gasteiger partial charge in [0.2, 0.25) is 11.8 Å². The Morgan fingerprint density at radius 3 is 2.93 bits per heavy atom. The predicted octanol–water partition coefficient (Wildman–Crippen LogP) is -0.0916. The van der Waals surface area contributed by atoms with E-state index in [1.165, 1.54) is 34.2 Å². The first-order chi connectivity index (χ1) is 14.3. The number of aromatic nitrogens is 1. The van der Waals surface area contributed by atoms with Crippen molar-refractivity contribution in [3.63, 3.8) is 0 Å². The SMILES string of the molecule is C=C1CS[C@H]2[C@H](NC(=O)C=NOC(NC(=O)CCl)c3nccs3)C(=O)N2C1C(=O)O. The van der Waals surface area contributed by atoms with Gasteiger partial charge in [-0.1, -0.05) is 11.7 Å². The summed E-state index contributed by atoms with van der Waals surface area (Å²) >= 11 is 7.98. The highest BCUT2D eigenvalue weighted by Crippen LogP contribution is 2.39. The minimum absolute atomic E-state index is 0.293. The van der Waals surface area contributed by atoms with Crippen LogP contribution in [0.1, 0.15) is 11.2 Å². The van der Waals surface area contributed by atoms with E-state index in [4.69, 9.17) is 16.4 Å². The van der Waals surface area contributed by atoms with E-state index in [1.807, 2.05) is 0 Å². The van der Waals surface area contributed by atoms with Crippen LogP contribution < -0.4 is 10.6 Å². The lowest BCUT2D eigenvalue weighted by Crippen LogP contribution is -2.74. The lowest BCUT2D eigenvalue weighted by molar-refractivity contribution is -0.159. The zero-order chi connectivity index (χ0) is 21.8. The Balaban J connectivity index is 1.57. The number of alkyl halides is 1. The van der Waals surface area contributed by atoms with E-state index in [9.17, 15) is 24.3 Å². The third kappa shape index (κ3) is 4.57. The lowest BCUT2D eigenvalue weighted by Gasteiger charge is -2.52. The number of halogens is 1. The van der Waals surface area contributed by atoms with Gasteiger partial charge < -0.3 is 25.5 Å². The van der Waals surface area contributed by atoms with E-state index in [0.717, 1.165) is 6.21 Å². The smallest absolute Gasteiger partial charge is 0.330 e. The monoisotopic (exact) mass is 473 g/mol.